The van der Waals surface area contributed by atoms with E-state index < -0.39 is 9.84 Å². The summed E-state index contributed by atoms with van der Waals surface area (Å²) in [5.41, 5.74) is 0.452. The van der Waals surface area contributed by atoms with Crippen molar-refractivity contribution >= 4 is 27.3 Å². The maximum atomic E-state index is 12.6. The van der Waals surface area contributed by atoms with Crippen molar-refractivity contribution in [1.29, 1.82) is 0 Å². The molecule has 1 aromatic carbocycles. The third kappa shape index (κ3) is 4.17. The fourth-order valence-corrected chi connectivity index (χ4v) is 4.68. The van der Waals surface area contributed by atoms with Gasteiger partial charge in [-0.1, -0.05) is 19.3 Å². The third-order valence-electron chi connectivity index (χ3n) is 5.05. The Morgan fingerprint density at radius 1 is 1.27 bits per heavy atom. The minimum absolute atomic E-state index is 0.0377. The molecule has 7 nitrogen and oxygen atoms in total. The molecule has 142 valence electrons. The summed E-state index contributed by atoms with van der Waals surface area (Å²) in [6.07, 6.45) is 5.38. The number of rotatable bonds is 5. The lowest BCUT2D eigenvalue weighted by molar-refractivity contribution is -0.132. The Bertz CT molecular complexity index is 800. The molecular weight excluding hydrogens is 356 g/mol. The van der Waals surface area contributed by atoms with Gasteiger partial charge in [0.2, 0.25) is 5.91 Å². The van der Waals surface area contributed by atoms with Crippen molar-refractivity contribution in [2.24, 2.45) is 0 Å². The molecule has 0 unspecified atom stereocenters. The predicted molar refractivity (Wildman–Crippen MR) is 96.9 cm³/mol. The minimum Gasteiger partial charge on any atom is -0.482 e. The first-order valence-electron chi connectivity index (χ1n) is 8.92. The van der Waals surface area contributed by atoms with E-state index in [0.29, 0.717) is 11.4 Å². The van der Waals surface area contributed by atoms with E-state index in [-0.39, 0.29) is 41.5 Å². The summed E-state index contributed by atoms with van der Waals surface area (Å²) in [7, 11) is -1.84. The number of ether oxygens (including phenoxy) is 1. The van der Waals surface area contributed by atoms with Gasteiger partial charge in [-0.25, -0.2) is 8.42 Å². The topological polar surface area (TPSA) is 92.8 Å². The summed E-state index contributed by atoms with van der Waals surface area (Å²) >= 11 is 0. The van der Waals surface area contributed by atoms with Gasteiger partial charge >= 0.3 is 0 Å². The molecule has 0 bridgehead atoms. The van der Waals surface area contributed by atoms with Crippen molar-refractivity contribution < 1.29 is 22.7 Å². The maximum absolute atomic E-state index is 12.6. The van der Waals surface area contributed by atoms with Gasteiger partial charge in [-0.15, -0.1) is 0 Å². The predicted octanol–water partition coefficient (Wildman–Crippen LogP) is 1.97. The number of carbonyl (C=O) groups is 2. The van der Waals surface area contributed by atoms with Crippen LogP contribution < -0.4 is 10.1 Å². The molecule has 1 N–H and O–H groups in total. The number of fused-ring (bicyclic) bond motifs is 1. The van der Waals surface area contributed by atoms with Crippen LogP contribution in [0.15, 0.2) is 23.1 Å². The van der Waals surface area contributed by atoms with E-state index >= 15 is 0 Å². The van der Waals surface area contributed by atoms with Crippen molar-refractivity contribution in [3.05, 3.63) is 18.2 Å². The molecular formula is C18H24N2O5S. The number of benzene rings is 1. The van der Waals surface area contributed by atoms with Crippen molar-refractivity contribution in [2.45, 2.75) is 49.5 Å². The summed E-state index contributed by atoms with van der Waals surface area (Å²) in [5, 5.41) is 2.62. The largest absolute Gasteiger partial charge is 0.482 e. The lowest BCUT2D eigenvalue weighted by Crippen LogP contribution is -2.38. The van der Waals surface area contributed by atoms with Crippen LogP contribution in [0.5, 0.6) is 5.75 Å². The number of sulfone groups is 1. The van der Waals surface area contributed by atoms with Crippen LogP contribution >= 0.6 is 0 Å². The van der Waals surface area contributed by atoms with Gasteiger partial charge in [-0.3, -0.25) is 9.59 Å². The number of anilines is 1. The molecule has 1 fully saturated rings. The fraction of sp³-hybridized carbons (Fsp3) is 0.556. The Balaban J connectivity index is 1.63. The van der Waals surface area contributed by atoms with Crippen molar-refractivity contribution in [3.8, 4) is 5.75 Å². The third-order valence-corrected chi connectivity index (χ3v) is 6.76. The van der Waals surface area contributed by atoms with Gasteiger partial charge in [0.05, 0.1) is 16.3 Å². The van der Waals surface area contributed by atoms with Gasteiger partial charge in [-0.2, -0.15) is 0 Å². The van der Waals surface area contributed by atoms with Crippen LogP contribution in [0.1, 0.15) is 38.5 Å². The zero-order valence-electron chi connectivity index (χ0n) is 14.9. The molecule has 0 radical (unpaired) electrons. The summed E-state index contributed by atoms with van der Waals surface area (Å²) in [4.78, 5) is 25.5. The molecule has 2 aliphatic rings. The number of nitrogens with zero attached hydrogens (tertiary/aromatic N) is 1. The number of carbonyl (C=O) groups excluding carboxylic acids is 2. The van der Waals surface area contributed by atoms with Crippen molar-refractivity contribution in [2.75, 3.05) is 24.7 Å². The summed E-state index contributed by atoms with van der Waals surface area (Å²) in [6.45, 7) is -0.138. The second kappa shape index (κ2) is 7.65. The van der Waals surface area contributed by atoms with E-state index in [4.69, 9.17) is 4.74 Å². The Morgan fingerprint density at radius 2 is 2.00 bits per heavy atom. The van der Waals surface area contributed by atoms with E-state index in [2.05, 4.69) is 5.32 Å². The zero-order valence-corrected chi connectivity index (χ0v) is 15.7. The van der Waals surface area contributed by atoms with Crippen LogP contribution in [-0.2, 0) is 19.4 Å². The highest BCUT2D eigenvalue weighted by molar-refractivity contribution is 7.91. The van der Waals surface area contributed by atoms with Crippen LogP contribution in [0.2, 0.25) is 0 Å². The quantitative estimate of drug-likeness (QED) is 0.843. The van der Waals surface area contributed by atoms with E-state index in [1.54, 1.807) is 11.9 Å². The Labute approximate surface area is 153 Å². The van der Waals surface area contributed by atoms with Gasteiger partial charge in [-0.05, 0) is 25.0 Å². The Morgan fingerprint density at radius 3 is 2.73 bits per heavy atom. The Hall–Kier alpha value is -2.09. The van der Waals surface area contributed by atoms with E-state index in [1.165, 1.54) is 24.6 Å². The normalized spacial score (nSPS) is 17.8. The zero-order chi connectivity index (χ0) is 18.7. The minimum atomic E-state index is -3.61. The van der Waals surface area contributed by atoms with E-state index in [1.807, 2.05) is 0 Å². The molecule has 1 aliphatic carbocycles. The fourth-order valence-electron chi connectivity index (χ4n) is 3.44. The SMILES string of the molecule is CN(C(=O)CCS(=O)(=O)c1ccc2c(c1)OCC(=O)N2)C1CCCCC1. The molecule has 0 saturated heterocycles. The van der Waals surface area contributed by atoms with Crippen LogP contribution in [0.3, 0.4) is 0 Å². The van der Waals surface area contributed by atoms with Crippen molar-refractivity contribution in [3.63, 3.8) is 0 Å². The first-order chi connectivity index (χ1) is 12.4. The van der Waals surface area contributed by atoms with Crippen LogP contribution in [-0.4, -0.2) is 50.6 Å². The molecule has 0 aromatic heterocycles. The molecule has 0 spiro atoms. The summed E-state index contributed by atoms with van der Waals surface area (Å²) < 4.78 is 30.4. The molecule has 1 saturated carbocycles. The molecule has 2 amide bonds. The summed E-state index contributed by atoms with van der Waals surface area (Å²) in [6, 6.07) is 4.56. The first-order valence-corrected chi connectivity index (χ1v) is 10.6. The Kier molecular flexibility index (Phi) is 5.50. The first kappa shape index (κ1) is 18.7. The average Bonchev–Trinajstić information content (AvgIpc) is 2.65. The smallest absolute Gasteiger partial charge is 0.262 e. The number of amides is 2. The second-order valence-electron chi connectivity index (χ2n) is 6.86. The molecule has 1 aromatic rings. The number of hydrogen-bond donors (Lipinski definition) is 1. The van der Waals surface area contributed by atoms with Gasteiger partial charge in [0.25, 0.3) is 5.91 Å². The summed E-state index contributed by atoms with van der Waals surface area (Å²) in [5.74, 6) is -0.323. The maximum Gasteiger partial charge on any atom is 0.262 e. The number of nitrogens with one attached hydrogen (secondary N) is 1. The highest BCUT2D eigenvalue weighted by atomic mass is 32.2. The average molecular weight is 380 g/mol. The molecule has 0 atom stereocenters. The molecule has 1 aliphatic heterocycles. The molecule has 26 heavy (non-hydrogen) atoms. The van der Waals surface area contributed by atoms with Gasteiger partial charge < -0.3 is 15.0 Å². The molecule has 3 rings (SSSR count). The lowest BCUT2D eigenvalue weighted by Gasteiger charge is -2.31. The van der Waals surface area contributed by atoms with Crippen molar-refractivity contribution in [1.82, 2.24) is 4.90 Å². The highest BCUT2D eigenvalue weighted by Crippen LogP contribution is 2.31. The van der Waals surface area contributed by atoms with E-state index in [0.717, 1.165) is 25.7 Å². The van der Waals surface area contributed by atoms with Gasteiger partial charge in [0.1, 0.15) is 5.75 Å². The highest BCUT2D eigenvalue weighted by Gasteiger charge is 2.25. The standard InChI is InChI=1S/C18H24N2O5S/c1-20(13-5-3-2-4-6-13)18(22)9-10-26(23,24)14-7-8-15-16(11-14)25-12-17(21)19-15/h7-8,11,13H,2-6,9-10,12H2,1H3,(H,19,21). The lowest BCUT2D eigenvalue weighted by atomic mass is 9.94. The van der Waals surface area contributed by atoms with Crippen LogP contribution in [0.4, 0.5) is 5.69 Å². The van der Waals surface area contributed by atoms with Crippen LogP contribution in [0.25, 0.3) is 0 Å². The van der Waals surface area contributed by atoms with Gasteiger partial charge in [0, 0.05) is 25.6 Å². The monoisotopic (exact) mass is 380 g/mol. The number of hydrogen-bond acceptors (Lipinski definition) is 5. The van der Waals surface area contributed by atoms with Crippen LogP contribution in [0, 0.1) is 0 Å². The van der Waals surface area contributed by atoms with E-state index in [9.17, 15) is 18.0 Å². The second-order valence-corrected chi connectivity index (χ2v) is 8.97. The molecule has 8 heteroatoms. The molecule has 1 heterocycles. The van der Waals surface area contributed by atoms with Gasteiger partial charge in [0.15, 0.2) is 16.4 Å².